The molecule has 0 radical (unpaired) electrons. The number of Topliss-reactive ketones (excluding diaryl/α,β-unsaturated/α-hetero) is 1. The van der Waals surface area contributed by atoms with E-state index in [1.54, 1.807) is 0 Å². The van der Waals surface area contributed by atoms with E-state index in [0.717, 1.165) is 6.07 Å². The Kier molecular flexibility index (Phi) is 1.97. The van der Waals surface area contributed by atoms with Gasteiger partial charge in [0.05, 0.1) is 11.5 Å². The Hall–Kier alpha value is -1.89. The Morgan fingerprint density at radius 1 is 1.47 bits per heavy atom. The Morgan fingerprint density at radius 3 is 2.60 bits per heavy atom. The zero-order valence-electron chi connectivity index (χ0n) is 7.83. The lowest BCUT2D eigenvalue weighted by Gasteiger charge is -2.34. The van der Waals surface area contributed by atoms with Crippen LogP contribution in [-0.4, -0.2) is 10.9 Å². The first kappa shape index (κ1) is 9.66. The first-order chi connectivity index (χ1) is 7.07. The third-order valence-corrected chi connectivity index (χ3v) is 2.68. The Labute approximate surface area is 85.8 Å². The predicted molar refractivity (Wildman–Crippen MR) is 49.6 cm³/mol. The molecular formula is C11H8FNO2. The van der Waals surface area contributed by atoms with Crippen LogP contribution in [0.1, 0.15) is 18.4 Å². The Bertz CT molecular complexity index is 468. The van der Waals surface area contributed by atoms with Crippen LogP contribution in [0.2, 0.25) is 0 Å². The summed E-state index contributed by atoms with van der Waals surface area (Å²) in [6.45, 7) is 0. The van der Waals surface area contributed by atoms with Crippen molar-refractivity contribution < 1.29 is 14.3 Å². The maximum absolute atomic E-state index is 13.5. The quantitative estimate of drug-likeness (QED) is 0.758. The molecule has 2 rings (SSSR count). The molecule has 76 valence electrons. The number of nitriles is 1. The summed E-state index contributed by atoms with van der Waals surface area (Å²) in [6.07, 6.45) is 0.121. The first-order valence-electron chi connectivity index (χ1n) is 4.49. The minimum Gasteiger partial charge on any atom is -0.508 e. The normalized spacial score (nSPS) is 18.0. The molecule has 0 amide bonds. The van der Waals surface area contributed by atoms with Crippen LogP contribution >= 0.6 is 0 Å². The van der Waals surface area contributed by atoms with Crippen molar-refractivity contribution >= 4 is 5.78 Å². The molecule has 3 nitrogen and oxygen atoms in total. The van der Waals surface area contributed by atoms with Crippen LogP contribution in [0.4, 0.5) is 4.39 Å². The topological polar surface area (TPSA) is 61.1 Å². The number of phenolic OH excluding ortho intramolecular Hbond substituents is 1. The van der Waals surface area contributed by atoms with E-state index in [2.05, 4.69) is 0 Å². The van der Waals surface area contributed by atoms with E-state index < -0.39 is 11.2 Å². The molecule has 0 saturated heterocycles. The summed E-state index contributed by atoms with van der Waals surface area (Å²) in [7, 11) is 0. The molecule has 1 fully saturated rings. The summed E-state index contributed by atoms with van der Waals surface area (Å²) in [4.78, 5) is 10.9. The molecule has 0 unspecified atom stereocenters. The second-order valence-electron chi connectivity index (χ2n) is 3.75. The van der Waals surface area contributed by atoms with E-state index in [-0.39, 0.29) is 29.9 Å². The van der Waals surface area contributed by atoms with Gasteiger partial charge in [0.15, 0.2) is 0 Å². The molecule has 1 aliphatic rings. The van der Waals surface area contributed by atoms with Crippen LogP contribution in [0.25, 0.3) is 0 Å². The van der Waals surface area contributed by atoms with Gasteiger partial charge in [-0.15, -0.1) is 0 Å². The molecule has 0 aliphatic heterocycles. The van der Waals surface area contributed by atoms with Crippen molar-refractivity contribution in [1.29, 1.82) is 5.26 Å². The zero-order valence-corrected chi connectivity index (χ0v) is 7.83. The maximum atomic E-state index is 13.5. The third kappa shape index (κ3) is 1.37. The smallest absolute Gasteiger partial charge is 0.136 e. The van der Waals surface area contributed by atoms with Gasteiger partial charge in [-0.25, -0.2) is 4.39 Å². The molecular weight excluding hydrogens is 197 g/mol. The minimum atomic E-state index is -1.02. The van der Waals surface area contributed by atoms with Crippen molar-refractivity contribution in [2.75, 3.05) is 0 Å². The molecule has 1 saturated carbocycles. The lowest BCUT2D eigenvalue weighted by molar-refractivity contribution is -0.126. The molecule has 4 heteroatoms. The maximum Gasteiger partial charge on any atom is 0.136 e. The van der Waals surface area contributed by atoms with Gasteiger partial charge in [0, 0.05) is 24.5 Å². The molecule has 1 N–H and O–H groups in total. The lowest BCUT2D eigenvalue weighted by atomic mass is 9.64. The lowest BCUT2D eigenvalue weighted by Crippen LogP contribution is -2.41. The monoisotopic (exact) mass is 205 g/mol. The zero-order chi connectivity index (χ0) is 11.1. The third-order valence-electron chi connectivity index (χ3n) is 2.68. The van der Waals surface area contributed by atoms with Crippen LogP contribution in [0.5, 0.6) is 5.75 Å². The highest BCUT2D eigenvalue weighted by molar-refractivity contribution is 5.90. The van der Waals surface area contributed by atoms with Crippen molar-refractivity contribution in [3.63, 3.8) is 0 Å². The van der Waals surface area contributed by atoms with Crippen molar-refractivity contribution in [3.8, 4) is 11.8 Å². The molecule has 0 bridgehead atoms. The molecule has 0 spiro atoms. The molecule has 15 heavy (non-hydrogen) atoms. The highest BCUT2D eigenvalue weighted by atomic mass is 19.1. The van der Waals surface area contributed by atoms with Gasteiger partial charge in [0.1, 0.15) is 17.3 Å². The van der Waals surface area contributed by atoms with E-state index in [1.807, 2.05) is 6.07 Å². The number of aromatic hydroxyl groups is 1. The summed E-state index contributed by atoms with van der Waals surface area (Å²) in [5, 5.41) is 18.0. The van der Waals surface area contributed by atoms with Gasteiger partial charge in [-0.05, 0) is 6.07 Å². The van der Waals surface area contributed by atoms with E-state index in [9.17, 15) is 9.18 Å². The van der Waals surface area contributed by atoms with Crippen LogP contribution in [0.15, 0.2) is 18.2 Å². The fourth-order valence-electron chi connectivity index (χ4n) is 1.84. The van der Waals surface area contributed by atoms with E-state index >= 15 is 0 Å². The van der Waals surface area contributed by atoms with Gasteiger partial charge in [0.2, 0.25) is 0 Å². The fraction of sp³-hybridized carbons (Fsp3) is 0.273. The first-order valence-corrected chi connectivity index (χ1v) is 4.49. The van der Waals surface area contributed by atoms with Crippen LogP contribution in [0, 0.1) is 17.1 Å². The number of phenols is 1. The van der Waals surface area contributed by atoms with E-state index in [1.165, 1.54) is 12.1 Å². The van der Waals surface area contributed by atoms with Crippen LogP contribution in [-0.2, 0) is 10.2 Å². The van der Waals surface area contributed by atoms with Crippen LogP contribution in [0.3, 0.4) is 0 Å². The van der Waals surface area contributed by atoms with E-state index in [0.29, 0.717) is 0 Å². The van der Waals surface area contributed by atoms with Gasteiger partial charge >= 0.3 is 0 Å². The number of carbonyl (C=O) groups excluding carboxylic acids is 1. The summed E-state index contributed by atoms with van der Waals surface area (Å²) < 4.78 is 13.5. The van der Waals surface area contributed by atoms with Gasteiger partial charge < -0.3 is 5.11 Å². The summed E-state index contributed by atoms with van der Waals surface area (Å²) in [6, 6.07) is 5.62. The SMILES string of the molecule is N#CC1(c2ccc(O)cc2F)CC(=O)C1. The standard InChI is InChI=1S/C11H8FNO2/c12-10-3-7(14)1-2-9(10)11(6-13)4-8(15)5-11/h1-3,14H,4-5H2. The molecule has 0 aromatic heterocycles. The van der Waals surface area contributed by atoms with Gasteiger partial charge in [-0.2, -0.15) is 5.26 Å². The number of hydrogen-bond donors (Lipinski definition) is 1. The number of ketones is 1. The van der Waals surface area contributed by atoms with E-state index in [4.69, 9.17) is 10.4 Å². The second-order valence-corrected chi connectivity index (χ2v) is 3.75. The highest BCUT2D eigenvalue weighted by Crippen LogP contribution is 2.42. The second kappa shape index (κ2) is 3.06. The fourth-order valence-corrected chi connectivity index (χ4v) is 1.84. The predicted octanol–water partition coefficient (Wildman–Crippen LogP) is 1.66. The number of hydrogen-bond acceptors (Lipinski definition) is 3. The summed E-state index contributed by atoms with van der Waals surface area (Å²) in [5.74, 6) is -0.858. The average molecular weight is 205 g/mol. The number of benzene rings is 1. The van der Waals surface area contributed by atoms with Gasteiger partial charge in [-0.3, -0.25) is 4.79 Å². The van der Waals surface area contributed by atoms with Gasteiger partial charge in [-0.1, -0.05) is 6.07 Å². The van der Waals surface area contributed by atoms with Crippen molar-refractivity contribution in [3.05, 3.63) is 29.6 Å². The molecule has 1 aromatic rings. The number of nitrogens with zero attached hydrogens (tertiary/aromatic N) is 1. The number of halogens is 1. The number of carbonyl (C=O) groups is 1. The van der Waals surface area contributed by atoms with Gasteiger partial charge in [0.25, 0.3) is 0 Å². The Balaban J connectivity index is 2.46. The Morgan fingerprint density at radius 2 is 2.13 bits per heavy atom. The minimum absolute atomic E-state index is 0.0379. The largest absolute Gasteiger partial charge is 0.508 e. The molecule has 1 aromatic carbocycles. The number of rotatable bonds is 1. The summed E-state index contributed by atoms with van der Waals surface area (Å²) in [5.41, 5.74) is -0.822. The van der Waals surface area contributed by atoms with Crippen molar-refractivity contribution in [1.82, 2.24) is 0 Å². The van der Waals surface area contributed by atoms with Crippen LogP contribution < -0.4 is 0 Å². The average Bonchev–Trinajstić information content (AvgIpc) is 2.13. The van der Waals surface area contributed by atoms with Crippen molar-refractivity contribution in [2.24, 2.45) is 0 Å². The molecule has 0 atom stereocenters. The highest BCUT2D eigenvalue weighted by Gasteiger charge is 2.47. The summed E-state index contributed by atoms with van der Waals surface area (Å²) >= 11 is 0. The molecule has 0 heterocycles. The molecule has 1 aliphatic carbocycles. The van der Waals surface area contributed by atoms with Crippen molar-refractivity contribution in [2.45, 2.75) is 18.3 Å².